The molecule has 0 aliphatic carbocycles. The van der Waals surface area contributed by atoms with Gasteiger partial charge in [-0.25, -0.2) is 4.39 Å². The molecule has 0 heterocycles. The van der Waals surface area contributed by atoms with E-state index in [1.54, 1.807) is 6.07 Å². The molecule has 0 amide bonds. The first-order chi connectivity index (χ1) is 6.65. The highest BCUT2D eigenvalue weighted by Crippen LogP contribution is 2.35. The zero-order chi connectivity index (χ0) is 10.7. The Morgan fingerprint density at radius 2 is 1.86 bits per heavy atom. The van der Waals surface area contributed by atoms with Gasteiger partial charge in [0.05, 0.1) is 14.2 Å². The molecule has 0 aliphatic rings. The third-order valence-electron chi connectivity index (χ3n) is 2.06. The minimum absolute atomic E-state index is 0.118. The average molecular weight is 199 g/mol. The van der Waals surface area contributed by atoms with Gasteiger partial charge in [-0.1, -0.05) is 0 Å². The molecule has 14 heavy (non-hydrogen) atoms. The van der Waals surface area contributed by atoms with E-state index in [0.717, 1.165) is 5.56 Å². The van der Waals surface area contributed by atoms with Crippen molar-refractivity contribution in [3.63, 3.8) is 0 Å². The van der Waals surface area contributed by atoms with Crippen LogP contribution in [-0.2, 0) is 6.54 Å². The van der Waals surface area contributed by atoms with Crippen molar-refractivity contribution >= 4 is 0 Å². The van der Waals surface area contributed by atoms with Crippen molar-refractivity contribution in [2.75, 3.05) is 14.2 Å². The lowest BCUT2D eigenvalue weighted by atomic mass is 10.1. The largest absolute Gasteiger partial charge is 0.492 e. The third kappa shape index (κ3) is 1.65. The molecule has 1 aromatic rings. The first kappa shape index (κ1) is 10.8. The summed E-state index contributed by atoms with van der Waals surface area (Å²) in [5, 5.41) is 0. The second kappa shape index (κ2) is 4.28. The second-order valence-electron chi connectivity index (χ2n) is 2.94. The van der Waals surface area contributed by atoms with Crippen LogP contribution in [0.5, 0.6) is 11.5 Å². The summed E-state index contributed by atoms with van der Waals surface area (Å²) < 4.78 is 23.6. The van der Waals surface area contributed by atoms with Crippen LogP contribution >= 0.6 is 0 Å². The van der Waals surface area contributed by atoms with Gasteiger partial charge < -0.3 is 15.2 Å². The highest BCUT2D eigenvalue weighted by Gasteiger charge is 2.16. The van der Waals surface area contributed by atoms with Gasteiger partial charge >= 0.3 is 0 Å². The summed E-state index contributed by atoms with van der Waals surface area (Å²) in [5.74, 6) is 0.0904. The lowest BCUT2D eigenvalue weighted by molar-refractivity contribution is 0.334. The van der Waals surface area contributed by atoms with E-state index in [4.69, 9.17) is 15.2 Å². The van der Waals surface area contributed by atoms with Gasteiger partial charge in [-0.3, -0.25) is 0 Å². The zero-order valence-electron chi connectivity index (χ0n) is 8.56. The number of nitrogens with two attached hydrogens (primary N) is 1. The van der Waals surface area contributed by atoms with Gasteiger partial charge in [0.1, 0.15) is 0 Å². The maximum absolute atomic E-state index is 13.6. The Kier molecular flexibility index (Phi) is 3.30. The fourth-order valence-corrected chi connectivity index (χ4v) is 1.40. The third-order valence-corrected chi connectivity index (χ3v) is 2.06. The van der Waals surface area contributed by atoms with E-state index in [2.05, 4.69) is 0 Å². The van der Waals surface area contributed by atoms with Gasteiger partial charge in [-0.05, 0) is 18.6 Å². The van der Waals surface area contributed by atoms with Crippen LogP contribution in [0.3, 0.4) is 0 Å². The predicted octanol–water partition coefficient (Wildman–Crippen LogP) is 1.61. The molecule has 3 nitrogen and oxygen atoms in total. The normalized spacial score (nSPS) is 10.1. The molecule has 2 N–H and O–H groups in total. The highest BCUT2D eigenvalue weighted by atomic mass is 19.1. The summed E-state index contributed by atoms with van der Waals surface area (Å²) in [6, 6.07) is 1.66. The van der Waals surface area contributed by atoms with Crippen molar-refractivity contribution in [1.82, 2.24) is 0 Å². The van der Waals surface area contributed by atoms with Crippen LogP contribution in [0.1, 0.15) is 11.1 Å². The first-order valence-electron chi connectivity index (χ1n) is 4.25. The Balaban J connectivity index is 3.40. The molecule has 0 saturated carbocycles. The summed E-state index contributed by atoms with van der Waals surface area (Å²) in [5.41, 5.74) is 6.64. The van der Waals surface area contributed by atoms with E-state index < -0.39 is 5.82 Å². The smallest absolute Gasteiger partial charge is 0.197 e. The minimum Gasteiger partial charge on any atom is -0.492 e. The molecular weight excluding hydrogens is 185 g/mol. The summed E-state index contributed by atoms with van der Waals surface area (Å²) in [7, 11) is 2.88. The van der Waals surface area contributed by atoms with E-state index >= 15 is 0 Å². The van der Waals surface area contributed by atoms with Gasteiger partial charge in [0, 0.05) is 12.1 Å². The van der Waals surface area contributed by atoms with E-state index in [0.29, 0.717) is 11.3 Å². The fraction of sp³-hybridized carbons (Fsp3) is 0.400. The number of hydrogen-bond donors (Lipinski definition) is 1. The monoisotopic (exact) mass is 199 g/mol. The molecule has 0 radical (unpaired) electrons. The molecule has 78 valence electrons. The summed E-state index contributed by atoms with van der Waals surface area (Å²) in [6.07, 6.45) is 0. The van der Waals surface area contributed by atoms with Crippen LogP contribution in [0.2, 0.25) is 0 Å². The SMILES string of the molecule is COc1c(C)cc(CN)c(F)c1OC. The fourth-order valence-electron chi connectivity index (χ4n) is 1.40. The van der Waals surface area contributed by atoms with Gasteiger partial charge in [0.2, 0.25) is 0 Å². The van der Waals surface area contributed by atoms with Crippen LogP contribution in [0.25, 0.3) is 0 Å². The van der Waals surface area contributed by atoms with Crippen molar-refractivity contribution in [3.8, 4) is 11.5 Å². The summed E-state index contributed by atoms with van der Waals surface area (Å²) in [4.78, 5) is 0. The number of methoxy groups -OCH3 is 2. The molecule has 0 saturated heterocycles. The molecule has 0 spiro atoms. The Morgan fingerprint density at radius 3 is 2.29 bits per heavy atom. The van der Waals surface area contributed by atoms with Crippen molar-refractivity contribution in [1.29, 1.82) is 0 Å². The van der Waals surface area contributed by atoms with E-state index in [1.165, 1.54) is 14.2 Å². The standard InChI is InChI=1S/C10H14FNO2/c1-6-4-7(5-12)8(11)10(14-3)9(6)13-2/h4H,5,12H2,1-3H3. The molecule has 0 bridgehead atoms. The van der Waals surface area contributed by atoms with Crippen LogP contribution < -0.4 is 15.2 Å². The molecule has 0 aromatic heterocycles. The number of hydrogen-bond acceptors (Lipinski definition) is 3. The second-order valence-corrected chi connectivity index (χ2v) is 2.94. The number of aryl methyl sites for hydroxylation is 1. The van der Waals surface area contributed by atoms with Gasteiger partial charge in [0.15, 0.2) is 17.3 Å². The van der Waals surface area contributed by atoms with Gasteiger partial charge in [0.25, 0.3) is 0 Å². The maximum atomic E-state index is 13.6. The quantitative estimate of drug-likeness (QED) is 0.804. The number of rotatable bonds is 3. The van der Waals surface area contributed by atoms with Crippen LogP contribution in [-0.4, -0.2) is 14.2 Å². The molecule has 0 aliphatic heterocycles. The molecular formula is C10H14FNO2. The molecule has 1 rings (SSSR count). The van der Waals surface area contributed by atoms with E-state index in [9.17, 15) is 4.39 Å². The molecule has 0 fully saturated rings. The van der Waals surface area contributed by atoms with Crippen molar-refractivity contribution < 1.29 is 13.9 Å². The number of ether oxygens (including phenoxy) is 2. The van der Waals surface area contributed by atoms with Gasteiger partial charge in [-0.15, -0.1) is 0 Å². The summed E-state index contributed by atoms with van der Waals surface area (Å²) in [6.45, 7) is 1.97. The predicted molar refractivity (Wildman–Crippen MR) is 52.1 cm³/mol. The Hall–Kier alpha value is -1.29. The minimum atomic E-state index is -0.447. The van der Waals surface area contributed by atoms with Gasteiger partial charge in [-0.2, -0.15) is 0 Å². The number of benzene rings is 1. The summed E-state index contributed by atoms with van der Waals surface area (Å²) >= 11 is 0. The lowest BCUT2D eigenvalue weighted by Gasteiger charge is -2.13. The highest BCUT2D eigenvalue weighted by molar-refractivity contribution is 5.50. The topological polar surface area (TPSA) is 44.5 Å². The Morgan fingerprint density at radius 1 is 1.29 bits per heavy atom. The van der Waals surface area contributed by atoms with Crippen molar-refractivity contribution in [3.05, 3.63) is 23.0 Å². The molecule has 0 unspecified atom stereocenters. The molecule has 1 aromatic carbocycles. The van der Waals surface area contributed by atoms with Crippen LogP contribution in [0.4, 0.5) is 4.39 Å². The molecule has 0 atom stereocenters. The maximum Gasteiger partial charge on any atom is 0.197 e. The first-order valence-corrected chi connectivity index (χ1v) is 4.25. The average Bonchev–Trinajstić information content (AvgIpc) is 2.20. The zero-order valence-corrected chi connectivity index (χ0v) is 8.56. The van der Waals surface area contributed by atoms with Crippen molar-refractivity contribution in [2.24, 2.45) is 5.73 Å². The van der Waals surface area contributed by atoms with E-state index in [-0.39, 0.29) is 12.3 Å². The van der Waals surface area contributed by atoms with Crippen LogP contribution in [0, 0.1) is 12.7 Å². The van der Waals surface area contributed by atoms with Crippen molar-refractivity contribution in [2.45, 2.75) is 13.5 Å². The van der Waals surface area contributed by atoms with E-state index in [1.807, 2.05) is 6.92 Å². The van der Waals surface area contributed by atoms with Crippen LogP contribution in [0.15, 0.2) is 6.07 Å². The Labute approximate surface area is 82.6 Å². The number of halogens is 1. The molecule has 4 heteroatoms. The Bertz CT molecular complexity index is 339. The lowest BCUT2D eigenvalue weighted by Crippen LogP contribution is -2.04.